The Morgan fingerprint density at radius 3 is 2.56 bits per heavy atom. The lowest BCUT2D eigenvalue weighted by Crippen LogP contribution is -2.42. The van der Waals surface area contributed by atoms with E-state index >= 15 is 0 Å². The van der Waals surface area contributed by atoms with Crippen molar-refractivity contribution in [1.29, 1.82) is 0 Å². The molecule has 136 valence electrons. The van der Waals surface area contributed by atoms with Crippen molar-refractivity contribution in [3.63, 3.8) is 0 Å². The molecule has 0 saturated carbocycles. The number of hydrogen-bond acceptors (Lipinski definition) is 5. The monoisotopic (exact) mass is 365 g/mol. The van der Waals surface area contributed by atoms with Crippen LogP contribution in [-0.4, -0.2) is 29.4 Å². The summed E-state index contributed by atoms with van der Waals surface area (Å²) in [7, 11) is 0. The molecule has 1 aromatic heterocycles. The lowest BCUT2D eigenvalue weighted by Gasteiger charge is -2.41. The Bertz CT molecular complexity index is 766. The Labute approximate surface area is 150 Å². The number of amides is 3. The molecule has 3 heterocycles. The van der Waals surface area contributed by atoms with Crippen LogP contribution >= 0.6 is 11.3 Å². The van der Waals surface area contributed by atoms with Crippen LogP contribution in [0.1, 0.15) is 61.3 Å². The maximum absolute atomic E-state index is 12.4. The third-order valence-corrected chi connectivity index (χ3v) is 5.94. The van der Waals surface area contributed by atoms with E-state index in [-0.39, 0.29) is 11.8 Å². The summed E-state index contributed by atoms with van der Waals surface area (Å²) in [5, 5.41) is 5.84. The summed E-state index contributed by atoms with van der Waals surface area (Å²) >= 11 is 1.32. The first-order valence-electron chi connectivity index (χ1n) is 8.26. The van der Waals surface area contributed by atoms with Gasteiger partial charge < -0.3 is 21.1 Å². The number of carbonyl (C=O) groups excluding carboxylic acids is 3. The van der Waals surface area contributed by atoms with E-state index in [9.17, 15) is 14.4 Å². The van der Waals surface area contributed by atoms with E-state index in [1.54, 1.807) is 0 Å². The number of rotatable bonds is 3. The predicted octanol–water partition coefficient (Wildman–Crippen LogP) is 1.65. The summed E-state index contributed by atoms with van der Waals surface area (Å²) in [5.41, 5.74) is 5.78. The molecule has 0 aliphatic carbocycles. The average Bonchev–Trinajstić information content (AvgIpc) is 3.01. The van der Waals surface area contributed by atoms with Crippen LogP contribution in [0, 0.1) is 0 Å². The molecule has 3 amide bonds. The van der Waals surface area contributed by atoms with E-state index in [4.69, 9.17) is 10.5 Å². The van der Waals surface area contributed by atoms with E-state index < -0.39 is 23.2 Å². The van der Waals surface area contributed by atoms with Gasteiger partial charge in [-0.1, -0.05) is 0 Å². The number of anilines is 1. The zero-order chi connectivity index (χ0) is 18.6. The Kier molecular flexibility index (Phi) is 4.15. The van der Waals surface area contributed by atoms with Gasteiger partial charge in [0.15, 0.2) is 0 Å². The number of primary amides is 1. The standard InChI is InChI=1S/C17H23N3O4S/c1-16(2)7-8-11(13(18)22)15(25-12(8)17(3,4)24-16)20-14(23)9-5-6-10(21)19-9/h9H,5-7H2,1-4H3,(H2,18,22)(H,19,21)(H,20,23)/t9-/m1/s1. The Hall–Kier alpha value is -1.93. The zero-order valence-electron chi connectivity index (χ0n) is 14.8. The zero-order valence-corrected chi connectivity index (χ0v) is 15.6. The van der Waals surface area contributed by atoms with Crippen LogP contribution in [0.15, 0.2) is 0 Å². The predicted molar refractivity (Wildman–Crippen MR) is 94.5 cm³/mol. The van der Waals surface area contributed by atoms with Crippen molar-refractivity contribution >= 4 is 34.1 Å². The van der Waals surface area contributed by atoms with E-state index in [1.165, 1.54) is 11.3 Å². The van der Waals surface area contributed by atoms with Crippen molar-refractivity contribution in [2.24, 2.45) is 5.73 Å². The van der Waals surface area contributed by atoms with Gasteiger partial charge in [-0.15, -0.1) is 11.3 Å². The van der Waals surface area contributed by atoms with Gasteiger partial charge in [0.25, 0.3) is 5.91 Å². The first-order chi connectivity index (χ1) is 11.5. The number of nitrogens with two attached hydrogens (primary N) is 1. The quantitative estimate of drug-likeness (QED) is 0.756. The third kappa shape index (κ3) is 3.28. The fourth-order valence-corrected chi connectivity index (χ4v) is 4.94. The van der Waals surface area contributed by atoms with Crippen molar-refractivity contribution in [1.82, 2.24) is 5.32 Å². The van der Waals surface area contributed by atoms with E-state index in [0.29, 0.717) is 29.8 Å². The lowest BCUT2D eigenvalue weighted by molar-refractivity contribution is -0.135. The van der Waals surface area contributed by atoms with Gasteiger partial charge in [0.2, 0.25) is 11.8 Å². The minimum absolute atomic E-state index is 0.142. The molecule has 1 fully saturated rings. The van der Waals surface area contributed by atoms with E-state index in [0.717, 1.165) is 10.4 Å². The summed E-state index contributed by atoms with van der Waals surface area (Å²) in [6.45, 7) is 7.81. The Morgan fingerprint density at radius 2 is 2.00 bits per heavy atom. The largest absolute Gasteiger partial charge is 0.365 e. The summed E-state index contributed by atoms with van der Waals surface area (Å²) in [4.78, 5) is 36.7. The average molecular weight is 365 g/mol. The first kappa shape index (κ1) is 17.9. The smallest absolute Gasteiger partial charge is 0.251 e. The molecule has 4 N–H and O–H groups in total. The molecule has 0 radical (unpaired) electrons. The minimum Gasteiger partial charge on any atom is -0.365 e. The highest BCUT2D eigenvalue weighted by Crippen LogP contribution is 2.48. The van der Waals surface area contributed by atoms with Crippen LogP contribution < -0.4 is 16.4 Å². The molecule has 3 rings (SSSR count). The fourth-order valence-electron chi connectivity index (χ4n) is 3.68. The molecule has 25 heavy (non-hydrogen) atoms. The van der Waals surface area contributed by atoms with Gasteiger partial charge in [0.1, 0.15) is 11.0 Å². The molecule has 2 aliphatic heterocycles. The summed E-state index contributed by atoms with van der Waals surface area (Å²) < 4.78 is 6.14. The fraction of sp³-hybridized carbons (Fsp3) is 0.588. The van der Waals surface area contributed by atoms with Crippen LogP contribution in [0.2, 0.25) is 0 Å². The van der Waals surface area contributed by atoms with Gasteiger partial charge in [-0.3, -0.25) is 14.4 Å². The lowest BCUT2D eigenvalue weighted by atomic mass is 9.86. The molecule has 1 atom stereocenters. The van der Waals surface area contributed by atoms with Crippen LogP contribution in [0.25, 0.3) is 0 Å². The van der Waals surface area contributed by atoms with Gasteiger partial charge in [-0.25, -0.2) is 0 Å². The molecular weight excluding hydrogens is 342 g/mol. The highest BCUT2D eigenvalue weighted by molar-refractivity contribution is 7.17. The van der Waals surface area contributed by atoms with Gasteiger partial charge in [-0.2, -0.15) is 0 Å². The van der Waals surface area contributed by atoms with Crippen LogP contribution in [0.3, 0.4) is 0 Å². The van der Waals surface area contributed by atoms with Crippen molar-refractivity contribution in [3.8, 4) is 0 Å². The second kappa shape index (κ2) is 5.81. The second-order valence-corrected chi connectivity index (χ2v) is 8.70. The molecule has 1 saturated heterocycles. The molecular formula is C17H23N3O4S. The topological polar surface area (TPSA) is 111 Å². The van der Waals surface area contributed by atoms with E-state index in [1.807, 2.05) is 27.7 Å². The maximum atomic E-state index is 12.4. The highest BCUT2D eigenvalue weighted by atomic mass is 32.1. The number of fused-ring (bicyclic) bond motifs is 1. The summed E-state index contributed by atoms with van der Waals surface area (Å²) in [6.07, 6.45) is 1.32. The number of hydrogen-bond donors (Lipinski definition) is 3. The van der Waals surface area contributed by atoms with Crippen molar-refractivity contribution in [2.75, 3.05) is 5.32 Å². The maximum Gasteiger partial charge on any atom is 0.251 e. The SMILES string of the molecule is CC1(C)Cc2c(sc(NC(=O)[C@H]3CCC(=O)N3)c2C(N)=O)C(C)(C)O1. The number of thiophene rings is 1. The van der Waals surface area contributed by atoms with E-state index in [2.05, 4.69) is 10.6 Å². The Morgan fingerprint density at radius 1 is 1.32 bits per heavy atom. The molecule has 1 aromatic rings. The van der Waals surface area contributed by atoms with Crippen LogP contribution in [0.5, 0.6) is 0 Å². The molecule has 0 unspecified atom stereocenters. The number of nitrogens with one attached hydrogen (secondary N) is 2. The van der Waals surface area contributed by atoms with Gasteiger partial charge in [-0.05, 0) is 39.7 Å². The highest BCUT2D eigenvalue weighted by Gasteiger charge is 2.43. The number of ether oxygens (including phenoxy) is 1. The molecule has 0 spiro atoms. The number of carbonyl (C=O) groups is 3. The summed E-state index contributed by atoms with van der Waals surface area (Å²) in [5.74, 6) is -1.04. The summed E-state index contributed by atoms with van der Waals surface area (Å²) in [6, 6.07) is -0.576. The van der Waals surface area contributed by atoms with Crippen molar-refractivity contribution in [3.05, 3.63) is 16.0 Å². The van der Waals surface area contributed by atoms with Gasteiger partial charge in [0.05, 0.1) is 16.8 Å². The Balaban J connectivity index is 1.98. The van der Waals surface area contributed by atoms with Crippen LogP contribution in [0.4, 0.5) is 5.00 Å². The van der Waals surface area contributed by atoms with Crippen LogP contribution in [-0.2, 0) is 26.3 Å². The molecule has 0 bridgehead atoms. The van der Waals surface area contributed by atoms with Crippen molar-refractivity contribution in [2.45, 2.75) is 64.2 Å². The molecule has 0 aromatic carbocycles. The minimum atomic E-state index is -0.587. The van der Waals surface area contributed by atoms with Crippen molar-refractivity contribution < 1.29 is 19.1 Å². The molecule has 7 nitrogen and oxygen atoms in total. The normalized spacial score (nSPS) is 23.7. The third-order valence-electron chi connectivity index (χ3n) is 4.48. The second-order valence-electron chi connectivity index (χ2n) is 7.67. The molecule has 8 heteroatoms. The first-order valence-corrected chi connectivity index (χ1v) is 9.08. The van der Waals surface area contributed by atoms with Gasteiger partial charge in [0, 0.05) is 17.7 Å². The molecule has 2 aliphatic rings. The van der Waals surface area contributed by atoms with Gasteiger partial charge >= 0.3 is 0 Å².